The van der Waals surface area contributed by atoms with Crippen molar-refractivity contribution in [1.82, 2.24) is 5.01 Å². The highest BCUT2D eigenvalue weighted by Gasteiger charge is 2.28. The Morgan fingerprint density at radius 1 is 1.12 bits per heavy atom. The SMILES string of the molecule is O=C(CS(=O)(=O)CC1CCCCC1)N1CCC(c2ccccc2)=N1. The zero-order valence-corrected chi connectivity index (χ0v) is 14.7. The number of amides is 1. The van der Waals surface area contributed by atoms with Crippen LogP contribution < -0.4 is 0 Å². The first-order valence-corrected chi connectivity index (χ1v) is 10.5. The first-order valence-electron chi connectivity index (χ1n) is 8.67. The lowest BCUT2D eigenvalue weighted by Gasteiger charge is -2.21. The summed E-state index contributed by atoms with van der Waals surface area (Å²) in [5.41, 5.74) is 1.83. The maximum atomic E-state index is 12.3. The molecule has 0 unspecified atom stereocenters. The molecule has 0 atom stereocenters. The van der Waals surface area contributed by atoms with E-state index in [-0.39, 0.29) is 11.7 Å². The van der Waals surface area contributed by atoms with Crippen LogP contribution in [0.2, 0.25) is 0 Å². The molecule has 1 fully saturated rings. The number of sulfone groups is 1. The molecule has 6 heteroatoms. The fourth-order valence-electron chi connectivity index (χ4n) is 3.51. The normalized spacial score (nSPS) is 19.3. The third kappa shape index (κ3) is 4.44. The van der Waals surface area contributed by atoms with Crippen LogP contribution in [0.15, 0.2) is 35.4 Å². The van der Waals surface area contributed by atoms with Gasteiger partial charge < -0.3 is 0 Å². The summed E-state index contributed by atoms with van der Waals surface area (Å²) in [5, 5.41) is 5.65. The number of hydrogen-bond acceptors (Lipinski definition) is 4. The molecule has 1 aromatic carbocycles. The summed E-state index contributed by atoms with van der Waals surface area (Å²) >= 11 is 0. The molecule has 0 spiro atoms. The van der Waals surface area contributed by atoms with Gasteiger partial charge in [-0.15, -0.1) is 0 Å². The topological polar surface area (TPSA) is 66.8 Å². The second-order valence-corrected chi connectivity index (χ2v) is 8.85. The van der Waals surface area contributed by atoms with Gasteiger partial charge >= 0.3 is 0 Å². The smallest absolute Gasteiger partial charge is 0.257 e. The highest BCUT2D eigenvalue weighted by Crippen LogP contribution is 2.25. The van der Waals surface area contributed by atoms with E-state index in [1.165, 1.54) is 11.4 Å². The number of rotatable bonds is 5. The molecule has 2 aliphatic rings. The minimum atomic E-state index is -3.36. The number of carbonyl (C=O) groups excluding carboxylic acids is 1. The van der Waals surface area contributed by atoms with Crippen LogP contribution in [0.3, 0.4) is 0 Å². The second-order valence-electron chi connectivity index (χ2n) is 6.74. The third-order valence-electron chi connectivity index (χ3n) is 4.75. The van der Waals surface area contributed by atoms with Gasteiger partial charge in [-0.3, -0.25) is 4.79 Å². The van der Waals surface area contributed by atoms with Gasteiger partial charge in [-0.05, 0) is 24.3 Å². The van der Waals surface area contributed by atoms with Crippen LogP contribution in [0.25, 0.3) is 0 Å². The standard InChI is InChI=1S/C18H24N2O3S/c21-18(14-24(22,23)13-15-7-3-1-4-8-15)20-12-11-17(19-20)16-9-5-2-6-10-16/h2,5-6,9-10,15H,1,3-4,7-8,11-14H2. The van der Waals surface area contributed by atoms with Crippen LogP contribution in [-0.4, -0.2) is 43.1 Å². The van der Waals surface area contributed by atoms with Gasteiger partial charge in [0.2, 0.25) is 0 Å². The van der Waals surface area contributed by atoms with Crippen LogP contribution in [0.1, 0.15) is 44.1 Å². The van der Waals surface area contributed by atoms with Gasteiger partial charge in [-0.2, -0.15) is 5.10 Å². The molecule has 1 saturated carbocycles. The number of benzene rings is 1. The van der Waals surface area contributed by atoms with Crippen molar-refractivity contribution in [2.24, 2.45) is 11.0 Å². The summed E-state index contributed by atoms with van der Waals surface area (Å²) in [7, 11) is -3.36. The average molecular weight is 348 g/mol. The summed E-state index contributed by atoms with van der Waals surface area (Å²) in [6, 6.07) is 9.69. The molecule has 1 amide bonds. The molecule has 0 radical (unpaired) electrons. The van der Waals surface area contributed by atoms with Crippen LogP contribution in [0, 0.1) is 5.92 Å². The Kier molecular flexibility index (Phi) is 5.33. The van der Waals surface area contributed by atoms with Gasteiger partial charge in [-0.25, -0.2) is 13.4 Å². The minimum Gasteiger partial charge on any atom is -0.272 e. The zero-order valence-electron chi connectivity index (χ0n) is 13.9. The van der Waals surface area contributed by atoms with Crippen molar-refractivity contribution in [1.29, 1.82) is 0 Å². The van der Waals surface area contributed by atoms with Crippen molar-refractivity contribution in [2.45, 2.75) is 38.5 Å². The Morgan fingerprint density at radius 3 is 2.54 bits per heavy atom. The molecule has 3 rings (SSSR count). The Balaban J connectivity index is 1.59. The fourth-order valence-corrected chi connectivity index (χ4v) is 5.20. The van der Waals surface area contributed by atoms with Crippen molar-refractivity contribution in [3.8, 4) is 0 Å². The third-order valence-corrected chi connectivity index (χ3v) is 6.42. The second kappa shape index (κ2) is 7.47. The van der Waals surface area contributed by atoms with Gasteiger partial charge in [0.25, 0.3) is 5.91 Å². The number of nitrogens with zero attached hydrogens (tertiary/aromatic N) is 2. The summed E-state index contributed by atoms with van der Waals surface area (Å²) in [5.74, 6) is -0.466. The van der Waals surface area contributed by atoms with E-state index < -0.39 is 21.5 Å². The van der Waals surface area contributed by atoms with Gasteiger partial charge in [0.15, 0.2) is 9.84 Å². The van der Waals surface area contributed by atoms with Gasteiger partial charge in [-0.1, -0.05) is 49.6 Å². The summed E-state index contributed by atoms with van der Waals surface area (Å²) in [6.07, 6.45) is 6.00. The summed E-state index contributed by atoms with van der Waals surface area (Å²) in [6.45, 7) is 0.460. The van der Waals surface area contributed by atoms with Crippen LogP contribution >= 0.6 is 0 Å². The van der Waals surface area contributed by atoms with Crippen molar-refractivity contribution < 1.29 is 13.2 Å². The molecule has 0 saturated heterocycles. The Hall–Kier alpha value is -1.69. The predicted molar refractivity (Wildman–Crippen MR) is 94.5 cm³/mol. The highest BCUT2D eigenvalue weighted by atomic mass is 32.2. The molecule has 1 aliphatic carbocycles. The van der Waals surface area contributed by atoms with Gasteiger partial charge in [0.1, 0.15) is 5.75 Å². The zero-order chi connectivity index (χ0) is 17.0. The highest BCUT2D eigenvalue weighted by molar-refractivity contribution is 7.92. The maximum Gasteiger partial charge on any atom is 0.257 e. The Labute approximate surface area is 143 Å². The molecule has 1 heterocycles. The lowest BCUT2D eigenvalue weighted by atomic mass is 9.91. The number of carbonyl (C=O) groups is 1. The monoisotopic (exact) mass is 348 g/mol. The van der Waals surface area contributed by atoms with Crippen LogP contribution in [0.5, 0.6) is 0 Å². The van der Waals surface area contributed by atoms with E-state index in [1.807, 2.05) is 30.3 Å². The number of hydrogen-bond donors (Lipinski definition) is 0. The largest absolute Gasteiger partial charge is 0.272 e. The maximum absolute atomic E-state index is 12.3. The van der Waals surface area contributed by atoms with Crippen molar-refractivity contribution in [3.05, 3.63) is 35.9 Å². The van der Waals surface area contributed by atoms with Crippen molar-refractivity contribution in [3.63, 3.8) is 0 Å². The first kappa shape index (κ1) is 17.1. The van der Waals surface area contributed by atoms with E-state index in [4.69, 9.17) is 0 Å². The van der Waals surface area contributed by atoms with Crippen LogP contribution in [-0.2, 0) is 14.6 Å². The molecule has 1 aliphatic heterocycles. The Morgan fingerprint density at radius 2 is 1.83 bits per heavy atom. The van der Waals surface area contributed by atoms with E-state index in [0.29, 0.717) is 13.0 Å². The molecule has 5 nitrogen and oxygen atoms in total. The van der Waals surface area contributed by atoms with Crippen molar-refractivity contribution >= 4 is 21.5 Å². The fraction of sp³-hybridized carbons (Fsp3) is 0.556. The molecule has 130 valence electrons. The first-order chi connectivity index (χ1) is 11.5. The lowest BCUT2D eigenvalue weighted by Crippen LogP contribution is -2.33. The van der Waals surface area contributed by atoms with E-state index in [9.17, 15) is 13.2 Å². The van der Waals surface area contributed by atoms with E-state index in [0.717, 1.165) is 37.0 Å². The van der Waals surface area contributed by atoms with Gasteiger partial charge in [0, 0.05) is 6.42 Å². The van der Waals surface area contributed by atoms with E-state index in [1.54, 1.807) is 0 Å². The molecular formula is C18H24N2O3S. The van der Waals surface area contributed by atoms with Crippen molar-refractivity contribution in [2.75, 3.05) is 18.1 Å². The Bertz CT molecular complexity index is 707. The summed E-state index contributed by atoms with van der Waals surface area (Å²) < 4.78 is 24.6. The van der Waals surface area contributed by atoms with Gasteiger partial charge in [0.05, 0.1) is 18.0 Å². The van der Waals surface area contributed by atoms with Crippen LogP contribution in [0.4, 0.5) is 0 Å². The predicted octanol–water partition coefficient (Wildman–Crippen LogP) is 2.62. The lowest BCUT2D eigenvalue weighted by molar-refractivity contribution is -0.127. The molecule has 1 aromatic rings. The average Bonchev–Trinajstić information content (AvgIpc) is 3.06. The molecule has 24 heavy (non-hydrogen) atoms. The molecule has 0 N–H and O–H groups in total. The summed E-state index contributed by atoms with van der Waals surface area (Å²) in [4.78, 5) is 12.3. The number of hydrazone groups is 1. The molecular weight excluding hydrogens is 324 g/mol. The van der Waals surface area contributed by atoms with E-state index >= 15 is 0 Å². The van der Waals surface area contributed by atoms with E-state index in [2.05, 4.69) is 5.10 Å². The minimum absolute atomic E-state index is 0.141. The molecule has 0 bridgehead atoms. The quantitative estimate of drug-likeness (QED) is 0.821. The molecule has 0 aromatic heterocycles.